The third kappa shape index (κ3) is 2.38. The molecule has 4 nitrogen and oxygen atoms in total. The number of rotatable bonds is 2. The Hall–Kier alpha value is -0.880. The zero-order valence-electron chi connectivity index (χ0n) is 8.22. The van der Waals surface area contributed by atoms with Crippen LogP contribution in [0.2, 0.25) is 0 Å². The Balaban J connectivity index is 2.29. The Morgan fingerprint density at radius 1 is 1.33 bits per heavy atom. The van der Waals surface area contributed by atoms with Gasteiger partial charge in [-0.25, -0.2) is 9.97 Å². The highest BCUT2D eigenvalue weighted by atomic mass is 32.2. The summed E-state index contributed by atoms with van der Waals surface area (Å²) < 4.78 is 0. The highest BCUT2D eigenvalue weighted by Gasteiger charge is 2.17. The van der Waals surface area contributed by atoms with Gasteiger partial charge in [-0.2, -0.15) is 11.8 Å². The fourth-order valence-corrected chi connectivity index (χ4v) is 2.56. The van der Waals surface area contributed by atoms with E-state index in [0.717, 1.165) is 30.4 Å². The van der Waals surface area contributed by atoms with Crippen LogP contribution in [0, 0.1) is 0 Å². The summed E-state index contributed by atoms with van der Waals surface area (Å²) in [7, 11) is 0. The number of hydrogen-bond acceptors (Lipinski definition) is 5. The molecular formula is C9H12N4S2. The second-order valence-corrected chi connectivity index (χ2v) is 4.86. The first-order chi connectivity index (χ1) is 7.29. The van der Waals surface area contributed by atoms with Crippen molar-refractivity contribution in [1.82, 2.24) is 9.97 Å². The minimum atomic E-state index is 0.316. The molecule has 2 heterocycles. The molecular weight excluding hydrogens is 228 g/mol. The number of hydrogen-bond donors (Lipinski definition) is 1. The highest BCUT2D eigenvalue weighted by Crippen LogP contribution is 2.19. The molecule has 1 aliphatic rings. The van der Waals surface area contributed by atoms with Crippen molar-refractivity contribution < 1.29 is 0 Å². The average molecular weight is 240 g/mol. The van der Waals surface area contributed by atoms with Crippen molar-refractivity contribution in [3.8, 4) is 0 Å². The Bertz CT molecular complexity index is 363. The van der Waals surface area contributed by atoms with Crippen molar-refractivity contribution in [2.45, 2.75) is 0 Å². The minimum absolute atomic E-state index is 0.316. The number of nitrogens with two attached hydrogens (primary N) is 1. The van der Waals surface area contributed by atoms with E-state index in [0.29, 0.717) is 10.7 Å². The maximum absolute atomic E-state index is 5.62. The predicted octanol–water partition coefficient (Wildman–Crippen LogP) is 0.664. The van der Waals surface area contributed by atoms with Gasteiger partial charge in [0, 0.05) is 37.0 Å². The molecule has 1 aliphatic heterocycles. The zero-order chi connectivity index (χ0) is 10.7. The lowest BCUT2D eigenvalue weighted by molar-refractivity contribution is 0.832. The van der Waals surface area contributed by atoms with Crippen molar-refractivity contribution in [3.05, 3.63) is 18.1 Å². The van der Waals surface area contributed by atoms with E-state index in [-0.39, 0.29) is 0 Å². The van der Waals surface area contributed by atoms with Gasteiger partial charge in [-0.3, -0.25) is 0 Å². The molecule has 0 radical (unpaired) electrons. The molecule has 0 atom stereocenters. The third-order valence-corrected chi connectivity index (χ3v) is 3.36. The Labute approximate surface area is 98.3 Å². The van der Waals surface area contributed by atoms with Crippen LogP contribution in [0.25, 0.3) is 0 Å². The molecule has 1 fully saturated rings. The van der Waals surface area contributed by atoms with Gasteiger partial charge in [-0.05, 0) is 0 Å². The summed E-state index contributed by atoms with van der Waals surface area (Å²) in [6.45, 7) is 1.97. The van der Waals surface area contributed by atoms with Crippen LogP contribution in [-0.4, -0.2) is 39.6 Å². The lowest BCUT2D eigenvalue weighted by atomic mass is 10.3. The first-order valence-electron chi connectivity index (χ1n) is 4.72. The molecule has 0 amide bonds. The van der Waals surface area contributed by atoms with Crippen molar-refractivity contribution >= 4 is 34.8 Å². The number of anilines is 1. The fraction of sp³-hybridized carbons (Fsp3) is 0.444. The van der Waals surface area contributed by atoms with Gasteiger partial charge in [0.2, 0.25) is 0 Å². The fourth-order valence-electron chi connectivity index (χ4n) is 1.51. The molecule has 1 aromatic rings. The summed E-state index contributed by atoms with van der Waals surface area (Å²) in [5, 5.41) is 0. The summed E-state index contributed by atoms with van der Waals surface area (Å²) in [4.78, 5) is 11.0. The van der Waals surface area contributed by atoms with Gasteiger partial charge >= 0.3 is 0 Å². The molecule has 2 rings (SSSR count). The second kappa shape index (κ2) is 4.76. The van der Waals surface area contributed by atoms with Crippen molar-refractivity contribution in [2.75, 3.05) is 29.5 Å². The highest BCUT2D eigenvalue weighted by molar-refractivity contribution is 7.99. The molecule has 0 bridgehead atoms. The average Bonchev–Trinajstić information content (AvgIpc) is 2.30. The Morgan fingerprint density at radius 3 is 2.67 bits per heavy atom. The van der Waals surface area contributed by atoms with Crippen molar-refractivity contribution in [2.24, 2.45) is 5.73 Å². The molecule has 1 aromatic heterocycles. The van der Waals surface area contributed by atoms with E-state index < -0.39 is 0 Å². The number of thioether (sulfide) groups is 1. The van der Waals surface area contributed by atoms with Gasteiger partial charge in [0.15, 0.2) is 5.82 Å². The van der Waals surface area contributed by atoms with Gasteiger partial charge in [0.25, 0.3) is 0 Å². The number of thiocarbonyl (C=S) groups is 1. The Morgan fingerprint density at radius 2 is 2.00 bits per heavy atom. The quantitative estimate of drug-likeness (QED) is 0.767. The molecule has 80 valence electrons. The van der Waals surface area contributed by atoms with Crippen LogP contribution in [0.4, 0.5) is 5.82 Å². The topological polar surface area (TPSA) is 55.0 Å². The monoisotopic (exact) mass is 240 g/mol. The molecule has 15 heavy (non-hydrogen) atoms. The number of aromatic nitrogens is 2. The maximum atomic E-state index is 5.62. The van der Waals surface area contributed by atoms with Crippen LogP contribution in [0.3, 0.4) is 0 Å². The Kier molecular flexibility index (Phi) is 3.37. The lowest BCUT2D eigenvalue weighted by Gasteiger charge is -2.28. The largest absolute Gasteiger partial charge is 0.388 e. The number of nitrogens with zero attached hydrogens (tertiary/aromatic N) is 3. The SMILES string of the molecule is NC(=S)c1nccnc1N1CCSCC1. The summed E-state index contributed by atoms with van der Waals surface area (Å²) in [6.07, 6.45) is 3.30. The normalized spacial score (nSPS) is 16.4. The van der Waals surface area contributed by atoms with Crippen molar-refractivity contribution in [1.29, 1.82) is 0 Å². The molecule has 0 aliphatic carbocycles. The second-order valence-electron chi connectivity index (χ2n) is 3.19. The van der Waals surface area contributed by atoms with E-state index in [1.807, 2.05) is 11.8 Å². The van der Waals surface area contributed by atoms with E-state index in [1.165, 1.54) is 0 Å². The lowest BCUT2D eigenvalue weighted by Crippen LogP contribution is -2.35. The van der Waals surface area contributed by atoms with Crippen LogP contribution in [0.5, 0.6) is 0 Å². The molecule has 0 spiro atoms. The van der Waals surface area contributed by atoms with Gasteiger partial charge < -0.3 is 10.6 Å². The molecule has 1 saturated heterocycles. The molecule has 0 aromatic carbocycles. The maximum Gasteiger partial charge on any atom is 0.157 e. The van der Waals surface area contributed by atoms with E-state index in [4.69, 9.17) is 18.0 Å². The van der Waals surface area contributed by atoms with Crippen molar-refractivity contribution in [3.63, 3.8) is 0 Å². The molecule has 2 N–H and O–H groups in total. The summed E-state index contributed by atoms with van der Waals surface area (Å²) in [5.74, 6) is 3.06. The van der Waals surface area contributed by atoms with E-state index in [9.17, 15) is 0 Å². The van der Waals surface area contributed by atoms with Crippen LogP contribution in [0.1, 0.15) is 5.69 Å². The van der Waals surface area contributed by atoms with Gasteiger partial charge in [-0.1, -0.05) is 12.2 Å². The van der Waals surface area contributed by atoms with Crippen LogP contribution in [-0.2, 0) is 0 Å². The summed E-state index contributed by atoms with van der Waals surface area (Å²) >= 11 is 6.92. The van der Waals surface area contributed by atoms with E-state index in [1.54, 1.807) is 12.4 Å². The smallest absolute Gasteiger partial charge is 0.157 e. The van der Waals surface area contributed by atoms with Gasteiger partial charge in [-0.15, -0.1) is 0 Å². The standard InChI is InChI=1S/C9H12N4S2/c10-8(14)7-9(12-2-1-11-7)13-3-5-15-6-4-13/h1-2H,3-6H2,(H2,10,14). The third-order valence-electron chi connectivity index (χ3n) is 2.22. The molecule has 6 heteroatoms. The van der Waals surface area contributed by atoms with Crippen LogP contribution < -0.4 is 10.6 Å². The van der Waals surface area contributed by atoms with Gasteiger partial charge in [0.05, 0.1) is 0 Å². The minimum Gasteiger partial charge on any atom is -0.388 e. The van der Waals surface area contributed by atoms with Gasteiger partial charge in [0.1, 0.15) is 10.7 Å². The summed E-state index contributed by atoms with van der Waals surface area (Å²) in [5.41, 5.74) is 6.26. The van der Waals surface area contributed by atoms with E-state index >= 15 is 0 Å². The predicted molar refractivity (Wildman–Crippen MR) is 67.5 cm³/mol. The van der Waals surface area contributed by atoms with Crippen LogP contribution in [0.15, 0.2) is 12.4 Å². The van der Waals surface area contributed by atoms with Crippen LogP contribution >= 0.6 is 24.0 Å². The molecule has 0 saturated carbocycles. The first-order valence-corrected chi connectivity index (χ1v) is 6.29. The summed E-state index contributed by atoms with van der Waals surface area (Å²) in [6, 6.07) is 0. The van der Waals surface area contributed by atoms with E-state index in [2.05, 4.69) is 14.9 Å². The zero-order valence-corrected chi connectivity index (χ0v) is 9.85. The first kappa shape index (κ1) is 10.6. The molecule has 0 unspecified atom stereocenters.